The van der Waals surface area contributed by atoms with Crippen molar-refractivity contribution in [2.75, 3.05) is 6.61 Å². The average molecular weight is 417 g/mol. The lowest BCUT2D eigenvalue weighted by Crippen LogP contribution is -2.29. The summed E-state index contributed by atoms with van der Waals surface area (Å²) in [6.07, 6.45) is -0.737. The van der Waals surface area contributed by atoms with Gasteiger partial charge in [-0.1, -0.05) is 46.0 Å². The normalized spacial score (nSPS) is 11.5. The molecular formula is C21H21BrO4. The van der Waals surface area contributed by atoms with Crippen molar-refractivity contribution in [3.05, 3.63) is 64.1 Å². The first-order valence-corrected chi connectivity index (χ1v) is 9.08. The van der Waals surface area contributed by atoms with Crippen LogP contribution in [0, 0.1) is 11.8 Å². The SMILES string of the molecule is CC(C)OC(Cc1cccc(OCC#Cc2cccc(Br)c2)c1)C(=O)O. The summed E-state index contributed by atoms with van der Waals surface area (Å²) < 4.78 is 12.1. The quantitative estimate of drug-likeness (QED) is 0.683. The number of aliphatic carboxylic acids is 1. The van der Waals surface area contributed by atoms with Crippen LogP contribution in [0.2, 0.25) is 0 Å². The standard InChI is InChI=1S/C21H21BrO4/c1-15(2)26-20(21(23)24)14-17-7-4-10-19(13-17)25-11-5-8-16-6-3-9-18(22)12-16/h3-4,6-7,9-10,12-13,15,20H,11,14H2,1-2H3,(H,23,24). The summed E-state index contributed by atoms with van der Waals surface area (Å²) >= 11 is 3.41. The van der Waals surface area contributed by atoms with Crippen molar-refractivity contribution < 1.29 is 19.4 Å². The summed E-state index contributed by atoms with van der Waals surface area (Å²) in [5.41, 5.74) is 1.75. The number of benzene rings is 2. The third-order valence-electron chi connectivity index (χ3n) is 3.40. The van der Waals surface area contributed by atoms with Crippen molar-refractivity contribution in [2.45, 2.75) is 32.5 Å². The second kappa shape index (κ2) is 10.0. The summed E-state index contributed by atoms with van der Waals surface area (Å²) in [7, 11) is 0. The van der Waals surface area contributed by atoms with Crippen molar-refractivity contribution >= 4 is 21.9 Å². The Morgan fingerprint density at radius 2 is 1.96 bits per heavy atom. The highest BCUT2D eigenvalue weighted by Crippen LogP contribution is 2.16. The third-order valence-corrected chi connectivity index (χ3v) is 3.89. The highest BCUT2D eigenvalue weighted by Gasteiger charge is 2.20. The van der Waals surface area contributed by atoms with E-state index in [-0.39, 0.29) is 19.1 Å². The number of halogens is 1. The van der Waals surface area contributed by atoms with Gasteiger partial charge in [0.15, 0.2) is 6.10 Å². The van der Waals surface area contributed by atoms with E-state index in [0.717, 1.165) is 15.6 Å². The highest BCUT2D eigenvalue weighted by atomic mass is 79.9. The van der Waals surface area contributed by atoms with Crippen molar-refractivity contribution in [3.63, 3.8) is 0 Å². The predicted molar refractivity (Wildman–Crippen MR) is 104 cm³/mol. The molecule has 1 atom stereocenters. The Labute approximate surface area is 162 Å². The zero-order valence-electron chi connectivity index (χ0n) is 14.7. The van der Waals surface area contributed by atoms with Gasteiger partial charge in [-0.05, 0) is 49.7 Å². The van der Waals surface area contributed by atoms with Gasteiger partial charge >= 0.3 is 5.97 Å². The number of ether oxygens (including phenoxy) is 2. The number of carboxylic acids is 1. The van der Waals surface area contributed by atoms with Crippen molar-refractivity contribution in [1.82, 2.24) is 0 Å². The van der Waals surface area contributed by atoms with E-state index in [1.807, 2.05) is 62.4 Å². The molecule has 0 radical (unpaired) electrons. The van der Waals surface area contributed by atoms with E-state index >= 15 is 0 Å². The lowest BCUT2D eigenvalue weighted by atomic mass is 10.1. The molecule has 2 aromatic carbocycles. The Bertz CT molecular complexity index is 805. The molecule has 0 saturated heterocycles. The van der Waals surface area contributed by atoms with Crippen LogP contribution in [0.1, 0.15) is 25.0 Å². The molecule has 0 spiro atoms. The molecule has 0 aliphatic carbocycles. The highest BCUT2D eigenvalue weighted by molar-refractivity contribution is 9.10. The number of carboxylic acid groups (broad SMARTS) is 1. The van der Waals surface area contributed by atoms with Gasteiger partial charge in [0.05, 0.1) is 6.10 Å². The first-order chi connectivity index (χ1) is 12.4. The fourth-order valence-electron chi connectivity index (χ4n) is 2.32. The van der Waals surface area contributed by atoms with E-state index in [0.29, 0.717) is 5.75 Å². The van der Waals surface area contributed by atoms with Crippen molar-refractivity contribution in [3.8, 4) is 17.6 Å². The van der Waals surface area contributed by atoms with Gasteiger partial charge in [-0.2, -0.15) is 0 Å². The molecule has 0 saturated carbocycles. The van der Waals surface area contributed by atoms with Gasteiger partial charge in [-0.15, -0.1) is 0 Å². The predicted octanol–water partition coefficient (Wildman–Crippen LogP) is 4.30. The Morgan fingerprint density at radius 1 is 1.19 bits per heavy atom. The topological polar surface area (TPSA) is 55.8 Å². The second-order valence-electron chi connectivity index (χ2n) is 5.96. The Hall–Kier alpha value is -2.29. The minimum Gasteiger partial charge on any atom is -0.481 e. The molecule has 5 heteroatoms. The minimum absolute atomic E-state index is 0.149. The van der Waals surface area contributed by atoms with Crippen LogP contribution in [0.5, 0.6) is 5.75 Å². The van der Waals surface area contributed by atoms with Gasteiger partial charge in [0.2, 0.25) is 0 Å². The molecule has 4 nitrogen and oxygen atoms in total. The molecule has 1 unspecified atom stereocenters. The molecule has 0 heterocycles. The molecule has 0 aliphatic heterocycles. The maximum absolute atomic E-state index is 11.3. The second-order valence-corrected chi connectivity index (χ2v) is 6.88. The lowest BCUT2D eigenvalue weighted by Gasteiger charge is -2.16. The first-order valence-electron chi connectivity index (χ1n) is 8.28. The Morgan fingerprint density at radius 3 is 2.65 bits per heavy atom. The van der Waals surface area contributed by atoms with Crippen LogP contribution in [0.25, 0.3) is 0 Å². The van der Waals surface area contributed by atoms with Gasteiger partial charge in [0, 0.05) is 16.5 Å². The minimum atomic E-state index is -0.968. The summed E-state index contributed by atoms with van der Waals surface area (Å²) in [6.45, 7) is 3.89. The fraction of sp³-hybridized carbons (Fsp3) is 0.286. The van der Waals surface area contributed by atoms with Gasteiger partial charge in [0.1, 0.15) is 12.4 Å². The largest absolute Gasteiger partial charge is 0.481 e. The summed E-state index contributed by atoms with van der Waals surface area (Å²) in [4.78, 5) is 11.3. The summed E-state index contributed by atoms with van der Waals surface area (Å²) in [5.74, 6) is 5.69. The Kier molecular flexibility index (Phi) is 7.71. The van der Waals surface area contributed by atoms with E-state index in [2.05, 4.69) is 27.8 Å². The molecule has 0 aromatic heterocycles. The van der Waals surface area contributed by atoms with Gasteiger partial charge in [-0.3, -0.25) is 0 Å². The molecular weight excluding hydrogens is 396 g/mol. The van der Waals surface area contributed by atoms with Crippen LogP contribution in [0.3, 0.4) is 0 Å². The van der Waals surface area contributed by atoms with Crippen LogP contribution in [-0.4, -0.2) is 29.9 Å². The van der Waals surface area contributed by atoms with Crippen molar-refractivity contribution in [2.24, 2.45) is 0 Å². The van der Waals surface area contributed by atoms with Gasteiger partial charge in [0.25, 0.3) is 0 Å². The molecule has 0 aliphatic rings. The fourth-order valence-corrected chi connectivity index (χ4v) is 2.72. The molecule has 0 fully saturated rings. The number of hydrogen-bond donors (Lipinski definition) is 1. The maximum Gasteiger partial charge on any atom is 0.333 e. The average Bonchev–Trinajstić information content (AvgIpc) is 2.58. The molecule has 2 aromatic rings. The lowest BCUT2D eigenvalue weighted by molar-refractivity contribution is -0.153. The first kappa shape index (κ1) is 20.0. The Balaban J connectivity index is 1.95. The number of carbonyl (C=O) groups is 1. The molecule has 0 bridgehead atoms. The summed E-state index contributed by atoms with van der Waals surface area (Å²) in [6, 6.07) is 15.1. The zero-order chi connectivity index (χ0) is 18.9. The molecule has 0 amide bonds. The van der Waals surface area contributed by atoms with E-state index in [4.69, 9.17) is 9.47 Å². The van der Waals surface area contributed by atoms with Gasteiger partial charge in [-0.25, -0.2) is 4.79 Å². The monoisotopic (exact) mass is 416 g/mol. The van der Waals surface area contributed by atoms with Crippen LogP contribution in [0.4, 0.5) is 0 Å². The van der Waals surface area contributed by atoms with E-state index in [9.17, 15) is 9.90 Å². The van der Waals surface area contributed by atoms with E-state index < -0.39 is 12.1 Å². The van der Waals surface area contributed by atoms with Crippen LogP contribution >= 0.6 is 15.9 Å². The molecule has 1 N–H and O–H groups in total. The van der Waals surface area contributed by atoms with E-state index in [1.165, 1.54) is 0 Å². The summed E-state index contributed by atoms with van der Waals surface area (Å²) in [5, 5.41) is 9.28. The van der Waals surface area contributed by atoms with Crippen LogP contribution < -0.4 is 4.74 Å². The van der Waals surface area contributed by atoms with E-state index in [1.54, 1.807) is 0 Å². The maximum atomic E-state index is 11.3. The zero-order valence-corrected chi connectivity index (χ0v) is 16.3. The molecule has 26 heavy (non-hydrogen) atoms. The van der Waals surface area contributed by atoms with Crippen LogP contribution in [-0.2, 0) is 16.0 Å². The number of rotatable bonds is 7. The molecule has 136 valence electrons. The van der Waals surface area contributed by atoms with Gasteiger partial charge < -0.3 is 14.6 Å². The van der Waals surface area contributed by atoms with Crippen molar-refractivity contribution in [1.29, 1.82) is 0 Å². The van der Waals surface area contributed by atoms with Crippen LogP contribution in [0.15, 0.2) is 53.0 Å². The third kappa shape index (κ3) is 6.91. The smallest absolute Gasteiger partial charge is 0.333 e. The number of hydrogen-bond acceptors (Lipinski definition) is 3. The molecule has 2 rings (SSSR count).